The van der Waals surface area contributed by atoms with Crippen LogP contribution >= 0.6 is 11.8 Å². The number of amides is 2. The Morgan fingerprint density at radius 2 is 1.61 bits per heavy atom. The molecule has 31 heavy (non-hydrogen) atoms. The first-order valence-corrected chi connectivity index (χ1v) is 10.2. The molecule has 0 atom stereocenters. The fourth-order valence-corrected chi connectivity index (χ4v) is 3.52. The van der Waals surface area contributed by atoms with Crippen LogP contribution in [0.2, 0.25) is 0 Å². The average molecular weight is 449 g/mol. The van der Waals surface area contributed by atoms with Gasteiger partial charge in [-0.2, -0.15) is 0 Å². The highest BCUT2D eigenvalue weighted by Crippen LogP contribution is 2.21. The van der Waals surface area contributed by atoms with Crippen LogP contribution in [-0.4, -0.2) is 32.3 Å². The van der Waals surface area contributed by atoms with Crippen LogP contribution in [0, 0.1) is 17.5 Å². The van der Waals surface area contributed by atoms with Gasteiger partial charge in [0.15, 0.2) is 5.16 Å². The van der Waals surface area contributed by atoms with E-state index >= 15 is 0 Å². The number of rotatable bonds is 8. The van der Waals surface area contributed by atoms with Crippen molar-refractivity contribution in [3.63, 3.8) is 0 Å². The van der Waals surface area contributed by atoms with E-state index in [1.54, 1.807) is 17.6 Å². The number of thioether (sulfide) groups is 1. The van der Waals surface area contributed by atoms with Gasteiger partial charge in [0, 0.05) is 6.54 Å². The van der Waals surface area contributed by atoms with Crippen molar-refractivity contribution in [1.29, 1.82) is 0 Å². The fraction of sp³-hybridized carbons (Fsp3) is 0.200. The van der Waals surface area contributed by atoms with Crippen LogP contribution in [-0.2, 0) is 22.6 Å². The molecule has 0 saturated carbocycles. The van der Waals surface area contributed by atoms with Crippen LogP contribution in [0.1, 0.15) is 12.7 Å². The number of carbonyl (C=O) groups is 2. The maximum Gasteiger partial charge on any atom is 0.235 e. The first kappa shape index (κ1) is 22.3. The minimum Gasteiger partial charge on any atom is -0.323 e. The van der Waals surface area contributed by atoms with Gasteiger partial charge in [-0.1, -0.05) is 30.0 Å². The quantitative estimate of drug-likeness (QED) is 0.513. The Morgan fingerprint density at radius 1 is 0.935 bits per heavy atom. The predicted octanol–water partition coefficient (Wildman–Crippen LogP) is 3.63. The SMILES string of the molecule is CCn1c(CC(=O)Nc2ccccc2F)nnc1SCC(=O)Nc1c(F)cccc1F. The Morgan fingerprint density at radius 3 is 2.29 bits per heavy atom. The summed E-state index contributed by atoms with van der Waals surface area (Å²) < 4.78 is 42.6. The lowest BCUT2D eigenvalue weighted by Gasteiger charge is -2.09. The molecule has 0 aliphatic carbocycles. The van der Waals surface area contributed by atoms with Crippen LogP contribution in [0.15, 0.2) is 47.6 Å². The van der Waals surface area contributed by atoms with Crippen molar-refractivity contribution in [3.05, 3.63) is 65.7 Å². The predicted molar refractivity (Wildman–Crippen MR) is 110 cm³/mol. The Labute approximate surface area is 180 Å². The van der Waals surface area contributed by atoms with Gasteiger partial charge in [-0.3, -0.25) is 9.59 Å². The van der Waals surface area contributed by atoms with Gasteiger partial charge in [-0.15, -0.1) is 10.2 Å². The first-order chi connectivity index (χ1) is 14.9. The second-order valence-electron chi connectivity index (χ2n) is 6.28. The van der Waals surface area contributed by atoms with E-state index in [4.69, 9.17) is 0 Å². The number of carbonyl (C=O) groups excluding carboxylic acids is 2. The van der Waals surface area contributed by atoms with Gasteiger partial charge in [0.1, 0.15) is 29.0 Å². The molecule has 0 spiro atoms. The Bertz CT molecular complexity index is 1090. The zero-order chi connectivity index (χ0) is 22.4. The lowest BCUT2D eigenvalue weighted by Crippen LogP contribution is -2.19. The van der Waals surface area contributed by atoms with Crippen molar-refractivity contribution < 1.29 is 22.8 Å². The number of para-hydroxylation sites is 2. The van der Waals surface area contributed by atoms with Crippen molar-refractivity contribution in [2.24, 2.45) is 0 Å². The number of aromatic nitrogens is 3. The molecule has 0 fully saturated rings. The topological polar surface area (TPSA) is 88.9 Å². The first-order valence-electron chi connectivity index (χ1n) is 9.22. The number of anilines is 2. The van der Waals surface area contributed by atoms with Gasteiger partial charge >= 0.3 is 0 Å². The van der Waals surface area contributed by atoms with E-state index in [0.717, 1.165) is 23.9 Å². The zero-order valence-electron chi connectivity index (χ0n) is 16.4. The molecule has 2 amide bonds. The molecular weight excluding hydrogens is 431 g/mol. The molecule has 2 aromatic carbocycles. The lowest BCUT2D eigenvalue weighted by molar-refractivity contribution is -0.116. The molecule has 0 saturated heterocycles. The minimum absolute atomic E-state index is 0.0571. The Hall–Kier alpha value is -3.34. The second-order valence-corrected chi connectivity index (χ2v) is 7.22. The van der Waals surface area contributed by atoms with Crippen molar-refractivity contribution >= 4 is 35.0 Å². The largest absolute Gasteiger partial charge is 0.323 e. The molecule has 3 aromatic rings. The molecule has 0 bridgehead atoms. The van der Waals surface area contributed by atoms with Gasteiger partial charge in [-0.25, -0.2) is 13.2 Å². The second kappa shape index (κ2) is 10.1. The molecule has 1 heterocycles. The number of hydrogen-bond donors (Lipinski definition) is 2. The van der Waals surface area contributed by atoms with Gasteiger partial charge in [0.05, 0.1) is 17.9 Å². The Kier molecular flexibility index (Phi) is 7.29. The minimum atomic E-state index is -0.877. The van der Waals surface area contributed by atoms with Crippen molar-refractivity contribution in [1.82, 2.24) is 14.8 Å². The van der Waals surface area contributed by atoms with Crippen LogP contribution < -0.4 is 10.6 Å². The smallest absolute Gasteiger partial charge is 0.235 e. The maximum absolute atomic E-state index is 13.7. The standard InChI is InChI=1S/C20H18F3N5O2S/c1-2-28-16(10-17(29)24-15-9-4-3-6-12(15)21)26-27-20(28)31-11-18(30)25-19-13(22)7-5-8-14(19)23/h3-9H,2,10-11H2,1H3,(H,24,29)(H,25,30). The summed E-state index contributed by atoms with van der Waals surface area (Å²) in [4.78, 5) is 24.3. The third kappa shape index (κ3) is 5.63. The zero-order valence-corrected chi connectivity index (χ0v) is 17.2. The highest BCUT2D eigenvalue weighted by atomic mass is 32.2. The summed E-state index contributed by atoms with van der Waals surface area (Å²) >= 11 is 1.01. The molecule has 0 aliphatic heterocycles. The third-order valence-electron chi connectivity index (χ3n) is 4.14. The number of hydrogen-bond acceptors (Lipinski definition) is 5. The molecule has 0 unspecified atom stereocenters. The molecular formula is C20H18F3N5O2S. The molecule has 0 radical (unpaired) electrons. The normalized spacial score (nSPS) is 10.7. The van der Waals surface area contributed by atoms with Crippen molar-refractivity contribution in [2.45, 2.75) is 25.0 Å². The van der Waals surface area contributed by atoms with Crippen molar-refractivity contribution in [2.75, 3.05) is 16.4 Å². The van der Waals surface area contributed by atoms with Crippen LogP contribution in [0.4, 0.5) is 24.5 Å². The summed E-state index contributed by atoms with van der Waals surface area (Å²) in [5.41, 5.74) is -0.461. The van der Waals surface area contributed by atoms with E-state index in [1.165, 1.54) is 24.3 Å². The van der Waals surface area contributed by atoms with Gasteiger partial charge in [0.2, 0.25) is 11.8 Å². The fourth-order valence-electron chi connectivity index (χ4n) is 2.70. The van der Waals surface area contributed by atoms with Crippen LogP contribution in [0.3, 0.4) is 0 Å². The average Bonchev–Trinajstić information content (AvgIpc) is 3.12. The Balaban J connectivity index is 1.61. The van der Waals surface area contributed by atoms with Gasteiger partial charge in [0.25, 0.3) is 0 Å². The third-order valence-corrected chi connectivity index (χ3v) is 5.10. The highest BCUT2D eigenvalue weighted by Gasteiger charge is 2.18. The summed E-state index contributed by atoms with van der Waals surface area (Å²) in [6.45, 7) is 2.22. The molecule has 0 aliphatic rings. The number of nitrogens with zero attached hydrogens (tertiary/aromatic N) is 3. The van der Waals surface area contributed by atoms with E-state index in [0.29, 0.717) is 17.5 Å². The number of halogens is 3. The molecule has 3 rings (SSSR count). The molecule has 11 heteroatoms. The molecule has 1 aromatic heterocycles. The maximum atomic E-state index is 13.7. The highest BCUT2D eigenvalue weighted by molar-refractivity contribution is 7.99. The van der Waals surface area contributed by atoms with Crippen LogP contribution in [0.25, 0.3) is 0 Å². The molecule has 162 valence electrons. The van der Waals surface area contributed by atoms with E-state index in [2.05, 4.69) is 20.8 Å². The van der Waals surface area contributed by atoms with Gasteiger partial charge in [-0.05, 0) is 31.2 Å². The summed E-state index contributed by atoms with van der Waals surface area (Å²) in [6, 6.07) is 9.06. The van der Waals surface area contributed by atoms with E-state index in [-0.39, 0.29) is 17.9 Å². The van der Waals surface area contributed by atoms with E-state index < -0.39 is 35.0 Å². The summed E-state index contributed by atoms with van der Waals surface area (Å²) in [5, 5.41) is 13.0. The number of benzene rings is 2. The lowest BCUT2D eigenvalue weighted by atomic mass is 10.3. The van der Waals surface area contributed by atoms with Crippen molar-refractivity contribution in [3.8, 4) is 0 Å². The van der Waals surface area contributed by atoms with E-state index in [1.807, 2.05) is 0 Å². The summed E-state index contributed by atoms with van der Waals surface area (Å²) in [6.07, 6.45) is -0.150. The summed E-state index contributed by atoms with van der Waals surface area (Å²) in [5.74, 6) is -3.25. The monoisotopic (exact) mass is 449 g/mol. The van der Waals surface area contributed by atoms with Gasteiger partial charge < -0.3 is 15.2 Å². The number of nitrogens with one attached hydrogen (secondary N) is 2. The van der Waals surface area contributed by atoms with E-state index in [9.17, 15) is 22.8 Å². The van der Waals surface area contributed by atoms with Crippen LogP contribution in [0.5, 0.6) is 0 Å². The molecule has 7 nitrogen and oxygen atoms in total. The molecule has 2 N–H and O–H groups in total. The summed E-state index contributed by atoms with van der Waals surface area (Å²) in [7, 11) is 0.